The molecule has 3 nitrogen and oxygen atoms in total. The number of benzene rings is 2. The molecule has 2 aromatic carbocycles. The van der Waals surface area contributed by atoms with Crippen LogP contribution in [0.4, 0.5) is 8.78 Å². The molecule has 2 aromatic rings. The second-order valence-corrected chi connectivity index (χ2v) is 10.1. The largest absolute Gasteiger partial charge is 0.490 e. The fraction of sp³-hybridized carbons (Fsp3) is 0.429. The molecule has 1 saturated carbocycles. The summed E-state index contributed by atoms with van der Waals surface area (Å²) in [5, 5.41) is -0.392. The fourth-order valence-electron chi connectivity index (χ4n) is 4.54. The van der Waals surface area contributed by atoms with Gasteiger partial charge in [0.05, 0.1) is 16.8 Å². The molecule has 7 heteroatoms. The summed E-state index contributed by atoms with van der Waals surface area (Å²) in [6.45, 7) is 0.199. The zero-order valence-corrected chi connectivity index (χ0v) is 16.8. The monoisotopic (exact) mass is 426 g/mol. The predicted molar refractivity (Wildman–Crippen MR) is 104 cm³/mol. The Bertz CT molecular complexity index is 976. The molecule has 0 spiro atoms. The van der Waals surface area contributed by atoms with Crippen LogP contribution in [-0.4, -0.2) is 20.3 Å². The Labute approximate surface area is 168 Å². The van der Waals surface area contributed by atoms with E-state index in [4.69, 9.17) is 16.3 Å². The molecule has 2 unspecified atom stereocenters. The average Bonchev–Trinajstić information content (AvgIpc) is 2.65. The maximum absolute atomic E-state index is 14.8. The van der Waals surface area contributed by atoms with Gasteiger partial charge in [0, 0.05) is 22.4 Å². The first kappa shape index (κ1) is 19.6. The Morgan fingerprint density at radius 1 is 0.929 bits per heavy atom. The van der Waals surface area contributed by atoms with Crippen LogP contribution >= 0.6 is 11.6 Å². The number of hydrogen-bond acceptors (Lipinski definition) is 3. The predicted octanol–water partition coefficient (Wildman–Crippen LogP) is 5.52. The number of sulfone groups is 1. The van der Waals surface area contributed by atoms with Gasteiger partial charge in [-0.25, -0.2) is 17.2 Å². The average molecular weight is 427 g/mol. The molecule has 0 aromatic heterocycles. The SMILES string of the molecule is O=S(=O)(c1ccc(Cl)cc1)C1CCCCC[C@H]2COc3c(F)ccc(F)c3C12. The van der Waals surface area contributed by atoms with E-state index in [0.29, 0.717) is 11.4 Å². The molecule has 0 amide bonds. The van der Waals surface area contributed by atoms with E-state index in [-0.39, 0.29) is 28.7 Å². The third kappa shape index (κ3) is 3.41. The van der Waals surface area contributed by atoms with Gasteiger partial charge in [-0.2, -0.15) is 0 Å². The van der Waals surface area contributed by atoms with Crippen molar-refractivity contribution in [1.82, 2.24) is 0 Å². The van der Waals surface area contributed by atoms with Crippen molar-refractivity contribution in [3.05, 3.63) is 58.6 Å². The van der Waals surface area contributed by atoms with E-state index in [0.717, 1.165) is 37.8 Å². The molecule has 0 N–H and O–H groups in total. The summed E-state index contributed by atoms with van der Waals surface area (Å²) < 4.78 is 61.7. The van der Waals surface area contributed by atoms with Crippen LogP contribution < -0.4 is 4.74 Å². The molecule has 0 radical (unpaired) electrons. The molecule has 1 aliphatic heterocycles. The van der Waals surface area contributed by atoms with Crippen LogP contribution in [-0.2, 0) is 9.84 Å². The summed E-state index contributed by atoms with van der Waals surface area (Å²) in [6, 6.07) is 8.12. The quantitative estimate of drug-likeness (QED) is 0.635. The highest BCUT2D eigenvalue weighted by Gasteiger charge is 2.45. The van der Waals surface area contributed by atoms with E-state index >= 15 is 0 Å². The molecule has 0 saturated heterocycles. The van der Waals surface area contributed by atoms with Crippen molar-refractivity contribution in [2.45, 2.75) is 48.2 Å². The standard InChI is InChI=1S/C21H21ClF2O3S/c22-14-6-8-15(9-7-14)28(25,26)18-5-3-1-2-4-13-12-27-21-17(24)11-10-16(23)20(21)19(13)18/h6-11,13,18-19H,1-5,12H2/t13-,18?,19?/m0/s1. The van der Waals surface area contributed by atoms with Crippen LogP contribution in [0.1, 0.15) is 43.6 Å². The minimum Gasteiger partial charge on any atom is -0.490 e. The van der Waals surface area contributed by atoms with E-state index in [1.807, 2.05) is 0 Å². The van der Waals surface area contributed by atoms with E-state index in [1.54, 1.807) is 0 Å². The van der Waals surface area contributed by atoms with Gasteiger partial charge in [0.2, 0.25) is 0 Å². The first-order chi connectivity index (χ1) is 13.4. The summed E-state index contributed by atoms with van der Waals surface area (Å²) in [5.41, 5.74) is 0.0701. The third-order valence-corrected chi connectivity index (χ3v) is 8.39. The Balaban J connectivity index is 1.87. The Hall–Kier alpha value is -1.66. The van der Waals surface area contributed by atoms with Crippen molar-refractivity contribution < 1.29 is 21.9 Å². The molecule has 28 heavy (non-hydrogen) atoms. The maximum Gasteiger partial charge on any atom is 0.181 e. The van der Waals surface area contributed by atoms with E-state index < -0.39 is 32.6 Å². The number of fused-ring (bicyclic) bond motifs is 3. The minimum absolute atomic E-state index is 0.0701. The van der Waals surface area contributed by atoms with Crippen LogP contribution in [0.3, 0.4) is 0 Å². The van der Waals surface area contributed by atoms with Crippen molar-refractivity contribution >= 4 is 21.4 Å². The molecule has 150 valence electrons. The van der Waals surface area contributed by atoms with Gasteiger partial charge >= 0.3 is 0 Å². The first-order valence-electron chi connectivity index (χ1n) is 9.50. The molecular formula is C21H21ClF2O3S. The van der Waals surface area contributed by atoms with Gasteiger partial charge in [-0.3, -0.25) is 0 Å². The molecular weight excluding hydrogens is 406 g/mol. The fourth-order valence-corrected chi connectivity index (χ4v) is 6.76. The molecule has 2 aliphatic rings. The van der Waals surface area contributed by atoms with E-state index in [2.05, 4.69) is 0 Å². The Kier molecular flexibility index (Phi) is 5.36. The lowest BCUT2D eigenvalue weighted by Gasteiger charge is -2.39. The van der Waals surface area contributed by atoms with E-state index in [1.165, 1.54) is 24.3 Å². The highest BCUT2D eigenvalue weighted by atomic mass is 35.5. The molecule has 1 aliphatic carbocycles. The van der Waals surface area contributed by atoms with Crippen LogP contribution in [0.5, 0.6) is 5.75 Å². The summed E-state index contributed by atoms with van der Waals surface area (Å²) in [7, 11) is -3.76. The van der Waals surface area contributed by atoms with Crippen LogP contribution in [0.2, 0.25) is 5.02 Å². The molecule has 1 fully saturated rings. The molecule has 4 rings (SSSR count). The normalized spacial score (nSPS) is 25.0. The summed E-state index contributed by atoms with van der Waals surface area (Å²) >= 11 is 5.91. The summed E-state index contributed by atoms with van der Waals surface area (Å²) in [4.78, 5) is 0.158. The van der Waals surface area contributed by atoms with Crippen molar-refractivity contribution in [2.24, 2.45) is 5.92 Å². The van der Waals surface area contributed by atoms with Gasteiger partial charge in [0.1, 0.15) is 5.82 Å². The number of rotatable bonds is 2. The van der Waals surface area contributed by atoms with Crippen molar-refractivity contribution in [2.75, 3.05) is 6.61 Å². The lowest BCUT2D eigenvalue weighted by Crippen LogP contribution is -2.40. The van der Waals surface area contributed by atoms with Gasteiger partial charge in [0.25, 0.3) is 0 Å². The second-order valence-electron chi connectivity index (χ2n) is 7.54. The number of ether oxygens (including phenoxy) is 1. The molecule has 0 bridgehead atoms. The first-order valence-corrected chi connectivity index (χ1v) is 11.4. The second kappa shape index (κ2) is 7.64. The van der Waals surface area contributed by atoms with Gasteiger partial charge in [-0.1, -0.05) is 30.9 Å². The summed E-state index contributed by atoms with van der Waals surface area (Å²) in [6.07, 6.45) is 3.70. The Morgan fingerprint density at radius 3 is 2.36 bits per heavy atom. The number of hydrogen-bond donors (Lipinski definition) is 0. The lowest BCUT2D eigenvalue weighted by molar-refractivity contribution is 0.159. The Morgan fingerprint density at radius 2 is 1.61 bits per heavy atom. The highest BCUT2D eigenvalue weighted by molar-refractivity contribution is 7.92. The molecule has 3 atom stereocenters. The minimum atomic E-state index is -3.76. The van der Waals surface area contributed by atoms with Crippen LogP contribution in [0.25, 0.3) is 0 Å². The smallest absolute Gasteiger partial charge is 0.181 e. The van der Waals surface area contributed by atoms with E-state index in [9.17, 15) is 17.2 Å². The topological polar surface area (TPSA) is 43.4 Å². The number of halogens is 3. The van der Waals surface area contributed by atoms with Gasteiger partial charge in [-0.15, -0.1) is 0 Å². The van der Waals surface area contributed by atoms with Gasteiger partial charge < -0.3 is 4.74 Å². The summed E-state index contributed by atoms with van der Waals surface area (Å²) in [5.74, 6) is -2.21. The van der Waals surface area contributed by atoms with Gasteiger partial charge in [-0.05, 0) is 49.2 Å². The van der Waals surface area contributed by atoms with Crippen molar-refractivity contribution in [3.63, 3.8) is 0 Å². The van der Waals surface area contributed by atoms with Crippen molar-refractivity contribution in [1.29, 1.82) is 0 Å². The van der Waals surface area contributed by atoms with Crippen molar-refractivity contribution in [3.8, 4) is 5.75 Å². The zero-order chi connectivity index (χ0) is 19.9. The lowest BCUT2D eigenvalue weighted by atomic mass is 9.76. The zero-order valence-electron chi connectivity index (χ0n) is 15.2. The third-order valence-electron chi connectivity index (χ3n) is 5.88. The maximum atomic E-state index is 14.8. The van der Waals surface area contributed by atoms with Gasteiger partial charge in [0.15, 0.2) is 21.4 Å². The van der Waals surface area contributed by atoms with Crippen LogP contribution in [0.15, 0.2) is 41.3 Å². The molecule has 1 heterocycles. The highest BCUT2D eigenvalue weighted by Crippen LogP contribution is 2.48. The van der Waals surface area contributed by atoms with Crippen LogP contribution in [0, 0.1) is 17.6 Å².